The van der Waals surface area contributed by atoms with Crippen molar-refractivity contribution in [3.63, 3.8) is 0 Å². The molecule has 19 heavy (non-hydrogen) atoms. The highest BCUT2D eigenvalue weighted by molar-refractivity contribution is 6.20. The topological polar surface area (TPSA) is 9.23 Å². The molecular formula is C17H15ClO. The van der Waals surface area contributed by atoms with Crippen LogP contribution in [0.1, 0.15) is 22.3 Å². The lowest BCUT2D eigenvalue weighted by molar-refractivity contribution is 0.288. The van der Waals surface area contributed by atoms with Crippen molar-refractivity contribution in [3.8, 4) is 5.75 Å². The monoisotopic (exact) mass is 270 g/mol. The van der Waals surface area contributed by atoms with Gasteiger partial charge in [-0.2, -0.15) is 0 Å². The Morgan fingerprint density at radius 3 is 1.79 bits per heavy atom. The minimum atomic E-state index is -0.506. The molecule has 1 unspecified atom stereocenters. The van der Waals surface area contributed by atoms with E-state index in [-0.39, 0.29) is 0 Å². The van der Waals surface area contributed by atoms with Gasteiger partial charge in [-0.3, -0.25) is 0 Å². The van der Waals surface area contributed by atoms with E-state index in [2.05, 4.69) is 13.2 Å². The fraction of sp³-hybridized carbons (Fsp3) is 0.0588. The Morgan fingerprint density at radius 1 is 0.842 bits per heavy atom. The highest BCUT2D eigenvalue weighted by atomic mass is 35.5. The molecule has 0 bridgehead atoms. The van der Waals surface area contributed by atoms with Gasteiger partial charge in [0.1, 0.15) is 5.75 Å². The average Bonchev–Trinajstić information content (AvgIpc) is 2.48. The van der Waals surface area contributed by atoms with Crippen molar-refractivity contribution in [2.45, 2.75) is 5.56 Å². The summed E-state index contributed by atoms with van der Waals surface area (Å²) in [6.07, 6.45) is 3.58. The standard InChI is InChI=1S/C17H15ClO/c1-3-13-5-9-15(10-6-13)17(18)19-16-11-7-14(4-2)8-12-16/h3-12,17H,1-2H2. The van der Waals surface area contributed by atoms with Crippen molar-refractivity contribution in [1.82, 2.24) is 0 Å². The minimum Gasteiger partial charge on any atom is -0.470 e. The molecule has 2 heteroatoms. The van der Waals surface area contributed by atoms with Gasteiger partial charge in [0.15, 0.2) is 5.56 Å². The van der Waals surface area contributed by atoms with E-state index in [9.17, 15) is 0 Å². The second kappa shape index (κ2) is 6.26. The SMILES string of the molecule is C=Cc1ccc(OC(Cl)c2ccc(C=C)cc2)cc1. The molecule has 0 aliphatic heterocycles. The summed E-state index contributed by atoms with van der Waals surface area (Å²) in [7, 11) is 0. The molecule has 1 atom stereocenters. The van der Waals surface area contributed by atoms with Crippen molar-refractivity contribution >= 4 is 23.8 Å². The van der Waals surface area contributed by atoms with E-state index in [0.29, 0.717) is 0 Å². The van der Waals surface area contributed by atoms with Crippen LogP contribution in [0, 0.1) is 0 Å². The number of hydrogen-bond donors (Lipinski definition) is 0. The fourth-order valence-corrected chi connectivity index (χ4v) is 1.90. The van der Waals surface area contributed by atoms with Gasteiger partial charge in [0, 0.05) is 5.56 Å². The molecule has 2 aromatic rings. The van der Waals surface area contributed by atoms with Crippen molar-refractivity contribution in [2.75, 3.05) is 0 Å². The third-order valence-corrected chi connectivity index (χ3v) is 3.13. The van der Waals surface area contributed by atoms with E-state index in [1.54, 1.807) is 12.2 Å². The van der Waals surface area contributed by atoms with E-state index in [4.69, 9.17) is 16.3 Å². The van der Waals surface area contributed by atoms with E-state index in [0.717, 1.165) is 22.4 Å². The van der Waals surface area contributed by atoms with Gasteiger partial charge in [0.05, 0.1) is 0 Å². The summed E-state index contributed by atoms with van der Waals surface area (Å²) in [5, 5.41) is 0. The summed E-state index contributed by atoms with van der Waals surface area (Å²) >= 11 is 6.24. The van der Waals surface area contributed by atoms with Crippen LogP contribution in [-0.4, -0.2) is 0 Å². The van der Waals surface area contributed by atoms with Crippen LogP contribution < -0.4 is 4.74 Å². The lowest BCUT2D eigenvalue weighted by atomic mass is 10.1. The first-order valence-electron chi connectivity index (χ1n) is 5.98. The molecule has 0 fully saturated rings. The Kier molecular flexibility index (Phi) is 4.43. The predicted molar refractivity (Wildman–Crippen MR) is 82.3 cm³/mol. The van der Waals surface area contributed by atoms with Crippen molar-refractivity contribution in [1.29, 1.82) is 0 Å². The lowest BCUT2D eigenvalue weighted by Gasteiger charge is -2.13. The first-order valence-corrected chi connectivity index (χ1v) is 6.42. The molecule has 0 aromatic heterocycles. The zero-order chi connectivity index (χ0) is 13.7. The Labute approximate surface area is 118 Å². The molecular weight excluding hydrogens is 256 g/mol. The second-order valence-corrected chi connectivity index (χ2v) is 4.47. The Hall–Kier alpha value is -1.99. The molecule has 0 spiro atoms. The quantitative estimate of drug-likeness (QED) is 0.671. The van der Waals surface area contributed by atoms with Gasteiger partial charge < -0.3 is 4.74 Å². The van der Waals surface area contributed by atoms with Gasteiger partial charge in [0.25, 0.3) is 0 Å². The lowest BCUT2D eigenvalue weighted by Crippen LogP contribution is -2.00. The summed E-state index contributed by atoms with van der Waals surface area (Å²) in [5.74, 6) is 0.735. The zero-order valence-electron chi connectivity index (χ0n) is 10.6. The maximum atomic E-state index is 6.24. The Bertz CT molecular complexity index is 555. The van der Waals surface area contributed by atoms with Gasteiger partial charge in [-0.15, -0.1) is 0 Å². The van der Waals surface area contributed by atoms with Crippen LogP contribution in [0.15, 0.2) is 61.7 Å². The number of benzene rings is 2. The molecule has 0 aliphatic rings. The van der Waals surface area contributed by atoms with E-state index in [1.807, 2.05) is 48.5 Å². The number of ether oxygens (including phenoxy) is 1. The maximum Gasteiger partial charge on any atom is 0.197 e. The van der Waals surface area contributed by atoms with Gasteiger partial charge >= 0.3 is 0 Å². The summed E-state index contributed by atoms with van der Waals surface area (Å²) in [6, 6.07) is 15.4. The van der Waals surface area contributed by atoms with E-state index >= 15 is 0 Å². The van der Waals surface area contributed by atoms with Gasteiger partial charge in [-0.1, -0.05) is 73.3 Å². The van der Waals surface area contributed by atoms with Crippen LogP contribution in [-0.2, 0) is 0 Å². The molecule has 0 saturated heterocycles. The molecule has 0 radical (unpaired) electrons. The third kappa shape index (κ3) is 3.49. The molecule has 1 nitrogen and oxygen atoms in total. The number of halogens is 1. The summed E-state index contributed by atoms with van der Waals surface area (Å²) < 4.78 is 5.68. The van der Waals surface area contributed by atoms with Crippen LogP contribution in [0.5, 0.6) is 5.75 Å². The summed E-state index contributed by atoms with van der Waals surface area (Å²) in [6.45, 7) is 7.43. The summed E-state index contributed by atoms with van der Waals surface area (Å²) in [4.78, 5) is 0. The molecule has 0 amide bonds. The van der Waals surface area contributed by atoms with Gasteiger partial charge in [-0.25, -0.2) is 0 Å². The van der Waals surface area contributed by atoms with Crippen LogP contribution >= 0.6 is 11.6 Å². The van der Waals surface area contributed by atoms with Crippen molar-refractivity contribution < 1.29 is 4.74 Å². The molecule has 0 saturated carbocycles. The van der Waals surface area contributed by atoms with Gasteiger partial charge in [0.2, 0.25) is 0 Å². The van der Waals surface area contributed by atoms with Crippen LogP contribution in [0.2, 0.25) is 0 Å². The normalized spacial score (nSPS) is 11.6. The van der Waals surface area contributed by atoms with Crippen molar-refractivity contribution in [3.05, 3.63) is 78.4 Å². The van der Waals surface area contributed by atoms with Crippen LogP contribution in [0.25, 0.3) is 12.2 Å². The zero-order valence-corrected chi connectivity index (χ0v) is 11.3. The predicted octanol–water partition coefficient (Wildman–Crippen LogP) is 5.29. The molecule has 0 N–H and O–H groups in total. The first kappa shape index (κ1) is 13.4. The third-order valence-electron chi connectivity index (χ3n) is 2.79. The van der Waals surface area contributed by atoms with Gasteiger partial charge in [-0.05, 0) is 23.3 Å². The Balaban J connectivity index is 2.08. The van der Waals surface area contributed by atoms with Crippen LogP contribution in [0.4, 0.5) is 0 Å². The summed E-state index contributed by atoms with van der Waals surface area (Å²) in [5.41, 5.74) is 2.52. The molecule has 0 heterocycles. The maximum absolute atomic E-state index is 6.24. The minimum absolute atomic E-state index is 0.506. The first-order chi connectivity index (χ1) is 9.22. The second-order valence-electron chi connectivity index (χ2n) is 4.08. The smallest absolute Gasteiger partial charge is 0.197 e. The Morgan fingerprint density at radius 2 is 1.32 bits per heavy atom. The fourth-order valence-electron chi connectivity index (χ4n) is 1.65. The molecule has 2 rings (SSSR count). The largest absolute Gasteiger partial charge is 0.470 e. The molecule has 0 aliphatic carbocycles. The molecule has 2 aromatic carbocycles. The average molecular weight is 271 g/mol. The van der Waals surface area contributed by atoms with Crippen molar-refractivity contribution in [2.24, 2.45) is 0 Å². The van der Waals surface area contributed by atoms with Crippen LogP contribution in [0.3, 0.4) is 0 Å². The van der Waals surface area contributed by atoms with E-state index in [1.165, 1.54) is 0 Å². The highest BCUT2D eigenvalue weighted by Gasteiger charge is 2.09. The number of hydrogen-bond acceptors (Lipinski definition) is 1. The highest BCUT2D eigenvalue weighted by Crippen LogP contribution is 2.26. The van der Waals surface area contributed by atoms with E-state index < -0.39 is 5.56 Å². The number of alkyl halides is 1. The number of rotatable bonds is 5. The molecule has 96 valence electrons.